The molecule has 0 amide bonds. The highest BCUT2D eigenvalue weighted by Crippen LogP contribution is 2.30. The van der Waals surface area contributed by atoms with E-state index < -0.39 is 10.0 Å². The zero-order chi connectivity index (χ0) is 11.8. The van der Waals surface area contributed by atoms with Crippen LogP contribution in [0, 0.1) is 0 Å². The van der Waals surface area contributed by atoms with E-state index in [2.05, 4.69) is 0 Å². The molecule has 0 unspecified atom stereocenters. The van der Waals surface area contributed by atoms with Crippen LogP contribution in [0.2, 0.25) is 0 Å². The molecule has 0 spiro atoms. The van der Waals surface area contributed by atoms with Gasteiger partial charge in [0.15, 0.2) is 0 Å². The van der Waals surface area contributed by atoms with E-state index in [1.54, 1.807) is 18.5 Å². The zero-order valence-corrected chi connectivity index (χ0v) is 10.7. The van der Waals surface area contributed by atoms with E-state index in [0.29, 0.717) is 9.77 Å². The second-order valence-corrected chi connectivity index (χ2v) is 7.17. The summed E-state index contributed by atoms with van der Waals surface area (Å²) in [6.45, 7) is -0.112. The van der Waals surface area contributed by atoms with E-state index >= 15 is 0 Å². The van der Waals surface area contributed by atoms with Crippen molar-refractivity contribution in [2.24, 2.45) is 0 Å². The van der Waals surface area contributed by atoms with Crippen molar-refractivity contribution in [1.82, 2.24) is 4.31 Å². The van der Waals surface area contributed by atoms with Crippen molar-refractivity contribution < 1.29 is 13.5 Å². The molecule has 1 heterocycles. The first-order valence-corrected chi connectivity index (χ1v) is 7.54. The molecule has 1 aliphatic rings. The number of rotatable bonds is 4. The van der Waals surface area contributed by atoms with E-state index in [1.807, 2.05) is 0 Å². The van der Waals surface area contributed by atoms with Crippen LogP contribution in [0.5, 0.6) is 0 Å². The molecule has 0 bridgehead atoms. The Bertz CT molecular complexity index is 462. The van der Waals surface area contributed by atoms with Crippen molar-refractivity contribution in [1.29, 1.82) is 0 Å². The summed E-state index contributed by atoms with van der Waals surface area (Å²) >= 11 is 1.17. The molecule has 1 saturated carbocycles. The standard InChI is InChI=1S/C10H15NO3S2/c1-11(9-3-2-4-9)16(13,14)10-5-8(6-12)7-15-10/h5,7,9,12H,2-4,6H2,1H3. The SMILES string of the molecule is CN(C1CCC1)S(=O)(=O)c1cc(CO)cs1. The molecule has 2 rings (SSSR count). The van der Waals surface area contributed by atoms with Crippen molar-refractivity contribution in [3.05, 3.63) is 17.0 Å². The summed E-state index contributed by atoms with van der Waals surface area (Å²) < 4.78 is 26.1. The summed E-state index contributed by atoms with van der Waals surface area (Å²) in [4.78, 5) is 0. The molecular formula is C10H15NO3S2. The first-order chi connectivity index (χ1) is 7.55. The van der Waals surface area contributed by atoms with Crippen LogP contribution in [0.3, 0.4) is 0 Å². The molecule has 6 heteroatoms. The third-order valence-electron chi connectivity index (χ3n) is 3.03. The van der Waals surface area contributed by atoms with E-state index in [1.165, 1.54) is 15.6 Å². The molecule has 90 valence electrons. The fraction of sp³-hybridized carbons (Fsp3) is 0.600. The Hall–Kier alpha value is -0.430. The Morgan fingerprint density at radius 1 is 1.56 bits per heavy atom. The smallest absolute Gasteiger partial charge is 0.252 e. The van der Waals surface area contributed by atoms with Gasteiger partial charge in [0.1, 0.15) is 4.21 Å². The third kappa shape index (κ3) is 2.02. The van der Waals surface area contributed by atoms with Gasteiger partial charge in [0.05, 0.1) is 6.61 Å². The quantitative estimate of drug-likeness (QED) is 0.891. The highest BCUT2D eigenvalue weighted by Gasteiger charge is 2.32. The molecule has 0 saturated heterocycles. The molecular weight excluding hydrogens is 246 g/mol. The third-order valence-corrected chi connectivity index (χ3v) is 6.41. The van der Waals surface area contributed by atoms with Crippen LogP contribution in [0.25, 0.3) is 0 Å². The Kier molecular flexibility index (Phi) is 3.34. The van der Waals surface area contributed by atoms with Gasteiger partial charge in [-0.2, -0.15) is 4.31 Å². The average Bonchev–Trinajstić information content (AvgIpc) is 2.63. The summed E-state index contributed by atoms with van der Waals surface area (Å²) in [5.41, 5.74) is 0.658. The second kappa shape index (κ2) is 4.44. The molecule has 1 aromatic rings. The Morgan fingerprint density at radius 3 is 2.69 bits per heavy atom. The molecule has 0 aliphatic heterocycles. The van der Waals surface area contributed by atoms with Crippen molar-refractivity contribution in [2.45, 2.75) is 36.1 Å². The van der Waals surface area contributed by atoms with E-state index in [0.717, 1.165) is 19.3 Å². The Balaban J connectivity index is 2.23. The number of aliphatic hydroxyl groups excluding tert-OH is 1. The minimum atomic E-state index is -3.35. The lowest BCUT2D eigenvalue weighted by Crippen LogP contribution is -2.40. The first-order valence-electron chi connectivity index (χ1n) is 5.22. The zero-order valence-electron chi connectivity index (χ0n) is 9.09. The lowest BCUT2D eigenvalue weighted by atomic mass is 9.94. The van der Waals surface area contributed by atoms with Crippen molar-refractivity contribution in [3.8, 4) is 0 Å². The maximum absolute atomic E-state index is 12.2. The van der Waals surface area contributed by atoms with Crippen molar-refractivity contribution >= 4 is 21.4 Å². The highest BCUT2D eigenvalue weighted by atomic mass is 32.2. The van der Waals surface area contributed by atoms with Crippen LogP contribution >= 0.6 is 11.3 Å². The molecule has 0 atom stereocenters. The van der Waals surface area contributed by atoms with Gasteiger partial charge in [-0.05, 0) is 29.9 Å². The van der Waals surface area contributed by atoms with Gasteiger partial charge in [0.2, 0.25) is 0 Å². The van der Waals surface area contributed by atoms with Crippen LogP contribution in [0.4, 0.5) is 0 Å². The van der Waals surface area contributed by atoms with E-state index in [4.69, 9.17) is 5.11 Å². The number of hydrogen-bond acceptors (Lipinski definition) is 4. The Morgan fingerprint density at radius 2 is 2.25 bits per heavy atom. The van der Waals surface area contributed by atoms with Gasteiger partial charge < -0.3 is 5.11 Å². The summed E-state index contributed by atoms with van der Waals surface area (Å²) in [7, 11) is -1.71. The average molecular weight is 261 g/mol. The van der Waals surface area contributed by atoms with Gasteiger partial charge in [-0.15, -0.1) is 11.3 Å². The predicted octanol–water partition coefficient (Wildman–Crippen LogP) is 1.41. The molecule has 0 aromatic carbocycles. The summed E-state index contributed by atoms with van der Waals surface area (Å²) in [5, 5.41) is 10.6. The van der Waals surface area contributed by atoms with Crippen LogP contribution in [0.1, 0.15) is 24.8 Å². The fourth-order valence-corrected chi connectivity index (χ4v) is 4.46. The van der Waals surface area contributed by atoms with Gasteiger partial charge >= 0.3 is 0 Å². The van der Waals surface area contributed by atoms with Gasteiger partial charge in [-0.1, -0.05) is 6.42 Å². The summed E-state index contributed by atoms with van der Waals surface area (Å²) in [6.07, 6.45) is 3.01. The van der Waals surface area contributed by atoms with Crippen LogP contribution in [0.15, 0.2) is 15.7 Å². The molecule has 1 fully saturated rings. The fourth-order valence-electron chi connectivity index (χ4n) is 1.66. The first kappa shape index (κ1) is 12.0. The molecule has 1 aromatic heterocycles. The summed E-state index contributed by atoms with van der Waals surface area (Å²) in [6, 6.07) is 1.71. The molecule has 1 N–H and O–H groups in total. The van der Waals surface area contributed by atoms with Gasteiger partial charge in [0.25, 0.3) is 10.0 Å². The largest absolute Gasteiger partial charge is 0.392 e. The van der Waals surface area contributed by atoms with Crippen LogP contribution < -0.4 is 0 Å². The maximum Gasteiger partial charge on any atom is 0.252 e. The lowest BCUT2D eigenvalue weighted by molar-refractivity contribution is 0.250. The predicted molar refractivity (Wildman–Crippen MR) is 62.8 cm³/mol. The van der Waals surface area contributed by atoms with Crippen molar-refractivity contribution in [2.75, 3.05) is 7.05 Å². The van der Waals surface area contributed by atoms with Gasteiger partial charge in [-0.25, -0.2) is 8.42 Å². The minimum absolute atomic E-state index is 0.112. The van der Waals surface area contributed by atoms with E-state index in [9.17, 15) is 8.42 Å². The molecule has 16 heavy (non-hydrogen) atoms. The normalized spacial score (nSPS) is 17.7. The summed E-state index contributed by atoms with van der Waals surface area (Å²) in [5.74, 6) is 0. The number of sulfonamides is 1. The number of aliphatic hydroxyl groups is 1. The van der Waals surface area contributed by atoms with E-state index in [-0.39, 0.29) is 12.6 Å². The van der Waals surface area contributed by atoms with Crippen LogP contribution in [-0.4, -0.2) is 30.9 Å². The number of hydrogen-bond donors (Lipinski definition) is 1. The molecule has 1 aliphatic carbocycles. The Labute approximate surface area is 99.6 Å². The minimum Gasteiger partial charge on any atom is -0.392 e. The highest BCUT2D eigenvalue weighted by molar-refractivity contribution is 7.91. The van der Waals surface area contributed by atoms with Crippen molar-refractivity contribution in [3.63, 3.8) is 0 Å². The number of nitrogens with zero attached hydrogens (tertiary/aromatic N) is 1. The maximum atomic E-state index is 12.2. The van der Waals surface area contributed by atoms with Gasteiger partial charge in [-0.3, -0.25) is 0 Å². The van der Waals surface area contributed by atoms with Gasteiger partial charge in [0, 0.05) is 13.1 Å². The lowest BCUT2D eigenvalue weighted by Gasteiger charge is -2.33. The topological polar surface area (TPSA) is 57.6 Å². The monoisotopic (exact) mass is 261 g/mol. The second-order valence-electron chi connectivity index (χ2n) is 4.04. The molecule has 0 radical (unpaired) electrons. The molecule has 4 nitrogen and oxygen atoms in total. The van der Waals surface area contributed by atoms with Crippen LogP contribution in [-0.2, 0) is 16.6 Å². The number of thiophene rings is 1.